The summed E-state index contributed by atoms with van der Waals surface area (Å²) >= 11 is 0. The van der Waals surface area contributed by atoms with E-state index in [1.54, 1.807) is 18.7 Å². The molecule has 1 heterocycles. The van der Waals surface area contributed by atoms with Crippen molar-refractivity contribution in [3.63, 3.8) is 0 Å². The van der Waals surface area contributed by atoms with E-state index in [1.165, 1.54) is 0 Å². The van der Waals surface area contributed by atoms with Crippen LogP contribution in [0.1, 0.15) is 0 Å². The Labute approximate surface area is 53.7 Å². The third kappa shape index (κ3) is 7.13. The van der Waals surface area contributed by atoms with Gasteiger partial charge in [0.15, 0.2) is 0 Å². The molecule has 9 heavy (non-hydrogen) atoms. The first-order valence-electron chi connectivity index (χ1n) is 2.65. The Morgan fingerprint density at radius 3 is 2.44 bits per heavy atom. The first-order valence-corrected chi connectivity index (χ1v) is 2.65. The van der Waals surface area contributed by atoms with E-state index in [9.17, 15) is 0 Å². The zero-order valence-corrected chi connectivity index (χ0v) is 5.12. The lowest BCUT2D eigenvalue weighted by Gasteiger charge is -1.71. The maximum Gasteiger partial charge on any atom is 0.0919 e. The number of nitrogens with two attached hydrogens (primary N) is 1. The number of aliphatic hydroxyl groups excluding tert-OH is 1. The zero-order valence-electron chi connectivity index (χ0n) is 5.12. The van der Waals surface area contributed by atoms with Crippen molar-refractivity contribution in [1.29, 1.82) is 0 Å². The van der Waals surface area contributed by atoms with Crippen LogP contribution in [0.15, 0.2) is 18.7 Å². The first-order chi connectivity index (χ1) is 4.41. The van der Waals surface area contributed by atoms with E-state index in [0.29, 0.717) is 6.54 Å². The molecule has 0 aromatic carbocycles. The monoisotopic (exact) mass is 129 g/mol. The van der Waals surface area contributed by atoms with Gasteiger partial charge in [-0.2, -0.15) is 0 Å². The van der Waals surface area contributed by atoms with Crippen LogP contribution >= 0.6 is 0 Å². The number of nitrogens with zero attached hydrogens (tertiary/aromatic N) is 1. The van der Waals surface area contributed by atoms with Gasteiger partial charge >= 0.3 is 0 Å². The lowest BCUT2D eigenvalue weighted by atomic mass is 10.8. The van der Waals surface area contributed by atoms with E-state index in [0.717, 1.165) is 0 Å². The second-order valence-corrected chi connectivity index (χ2v) is 1.27. The maximum atomic E-state index is 7.75. The van der Waals surface area contributed by atoms with Crippen molar-refractivity contribution in [2.24, 2.45) is 5.73 Å². The Morgan fingerprint density at radius 2 is 2.33 bits per heavy atom. The number of aromatic amines is 1. The van der Waals surface area contributed by atoms with E-state index in [2.05, 4.69) is 9.97 Å². The molecule has 1 rings (SSSR count). The maximum absolute atomic E-state index is 7.75. The molecule has 0 amide bonds. The first kappa shape index (κ1) is 8.13. The lowest BCUT2D eigenvalue weighted by molar-refractivity contribution is 0.306. The van der Waals surface area contributed by atoms with E-state index in [4.69, 9.17) is 10.8 Å². The summed E-state index contributed by atoms with van der Waals surface area (Å²) in [6.07, 6.45) is 5.08. The van der Waals surface area contributed by atoms with Crippen LogP contribution in [-0.2, 0) is 0 Å². The van der Waals surface area contributed by atoms with Crippen LogP contribution in [-0.4, -0.2) is 28.2 Å². The molecule has 0 saturated heterocycles. The molecule has 1 aromatic heterocycles. The van der Waals surface area contributed by atoms with Gasteiger partial charge < -0.3 is 15.8 Å². The molecule has 0 fully saturated rings. The topological polar surface area (TPSA) is 74.9 Å². The predicted molar refractivity (Wildman–Crippen MR) is 34.7 cm³/mol. The molecule has 1 aromatic rings. The molecule has 0 aliphatic rings. The molecule has 0 unspecified atom stereocenters. The molecule has 4 nitrogen and oxygen atoms in total. The molecule has 0 aliphatic carbocycles. The second kappa shape index (κ2) is 7.13. The van der Waals surface area contributed by atoms with Crippen LogP contribution in [0.3, 0.4) is 0 Å². The van der Waals surface area contributed by atoms with Gasteiger partial charge in [-0.25, -0.2) is 4.98 Å². The van der Waals surface area contributed by atoms with Crippen LogP contribution in [0, 0.1) is 0 Å². The molecular formula is C5H11N3O. The SMILES string of the molecule is NCCO.c1c[nH]cn1. The summed E-state index contributed by atoms with van der Waals surface area (Å²) in [5.41, 5.74) is 4.78. The Hall–Kier alpha value is -0.870. The van der Waals surface area contributed by atoms with E-state index < -0.39 is 0 Å². The Bertz CT molecular complexity index is 87.7. The molecule has 0 saturated carbocycles. The number of rotatable bonds is 1. The van der Waals surface area contributed by atoms with Gasteiger partial charge in [0.1, 0.15) is 0 Å². The van der Waals surface area contributed by atoms with Crippen molar-refractivity contribution in [3.05, 3.63) is 18.7 Å². The number of hydrogen-bond donors (Lipinski definition) is 3. The number of nitrogens with one attached hydrogen (secondary N) is 1. The highest BCUT2D eigenvalue weighted by Crippen LogP contribution is 1.62. The van der Waals surface area contributed by atoms with Crippen LogP contribution in [0.4, 0.5) is 0 Å². The zero-order chi connectivity index (χ0) is 6.95. The molecule has 0 radical (unpaired) electrons. The summed E-state index contributed by atoms with van der Waals surface area (Å²) in [5.74, 6) is 0. The summed E-state index contributed by atoms with van der Waals surface area (Å²) in [6, 6.07) is 0. The van der Waals surface area contributed by atoms with Gasteiger partial charge in [0.05, 0.1) is 12.9 Å². The highest BCUT2D eigenvalue weighted by atomic mass is 16.3. The van der Waals surface area contributed by atoms with E-state index >= 15 is 0 Å². The van der Waals surface area contributed by atoms with Crippen molar-refractivity contribution in [2.45, 2.75) is 0 Å². The van der Waals surface area contributed by atoms with Gasteiger partial charge in [-0.15, -0.1) is 0 Å². The summed E-state index contributed by atoms with van der Waals surface area (Å²) in [5, 5.41) is 7.75. The Balaban J connectivity index is 0.000000148. The molecular weight excluding hydrogens is 118 g/mol. The third-order valence-corrected chi connectivity index (χ3v) is 0.535. The summed E-state index contributed by atoms with van der Waals surface area (Å²) < 4.78 is 0. The minimum Gasteiger partial charge on any atom is -0.395 e. The van der Waals surface area contributed by atoms with Crippen LogP contribution in [0.25, 0.3) is 0 Å². The van der Waals surface area contributed by atoms with Crippen molar-refractivity contribution in [3.8, 4) is 0 Å². The number of aliphatic hydroxyl groups is 1. The average Bonchev–Trinajstić information content (AvgIpc) is 2.43. The smallest absolute Gasteiger partial charge is 0.0919 e. The van der Waals surface area contributed by atoms with Gasteiger partial charge in [0, 0.05) is 18.9 Å². The average molecular weight is 129 g/mol. The second-order valence-electron chi connectivity index (χ2n) is 1.27. The molecule has 0 atom stereocenters. The largest absolute Gasteiger partial charge is 0.395 e. The third-order valence-electron chi connectivity index (χ3n) is 0.535. The Morgan fingerprint density at radius 1 is 1.67 bits per heavy atom. The number of hydrogen-bond acceptors (Lipinski definition) is 3. The quantitative estimate of drug-likeness (QED) is 0.471. The fourth-order valence-corrected chi connectivity index (χ4v) is 0.215. The van der Waals surface area contributed by atoms with Gasteiger partial charge in [0.25, 0.3) is 0 Å². The summed E-state index contributed by atoms with van der Waals surface area (Å²) in [6.45, 7) is 0.472. The van der Waals surface area contributed by atoms with Crippen molar-refractivity contribution in [2.75, 3.05) is 13.2 Å². The van der Waals surface area contributed by atoms with Crippen molar-refractivity contribution in [1.82, 2.24) is 9.97 Å². The highest BCUT2D eigenvalue weighted by Gasteiger charge is 1.56. The standard InChI is InChI=1S/C3H4N2.C2H7NO/c1-2-5-3-4-1;3-1-2-4/h1-3H,(H,4,5);4H,1-3H2. The number of H-pyrrole nitrogens is 1. The van der Waals surface area contributed by atoms with Gasteiger partial charge in [0.2, 0.25) is 0 Å². The summed E-state index contributed by atoms with van der Waals surface area (Å²) in [4.78, 5) is 6.42. The van der Waals surface area contributed by atoms with Crippen LogP contribution in [0.5, 0.6) is 0 Å². The van der Waals surface area contributed by atoms with Crippen molar-refractivity contribution >= 4 is 0 Å². The van der Waals surface area contributed by atoms with Gasteiger partial charge in [-0.3, -0.25) is 0 Å². The Kier molecular flexibility index (Phi) is 6.44. The predicted octanol–water partition coefficient (Wildman–Crippen LogP) is -0.653. The van der Waals surface area contributed by atoms with Crippen LogP contribution < -0.4 is 5.73 Å². The fourth-order valence-electron chi connectivity index (χ4n) is 0.215. The lowest BCUT2D eigenvalue weighted by Crippen LogP contribution is -2.02. The van der Waals surface area contributed by atoms with Gasteiger partial charge in [-0.05, 0) is 0 Å². The number of aromatic nitrogens is 2. The molecule has 52 valence electrons. The fraction of sp³-hybridized carbons (Fsp3) is 0.400. The highest BCUT2D eigenvalue weighted by molar-refractivity contribution is 4.64. The normalized spacial score (nSPS) is 7.78. The van der Waals surface area contributed by atoms with E-state index in [1.807, 2.05) is 0 Å². The molecule has 0 bridgehead atoms. The summed E-state index contributed by atoms with van der Waals surface area (Å²) in [7, 11) is 0. The van der Waals surface area contributed by atoms with Crippen LogP contribution in [0.2, 0.25) is 0 Å². The minimum atomic E-state index is 0.0972. The molecule has 0 aliphatic heterocycles. The molecule has 0 spiro atoms. The van der Waals surface area contributed by atoms with E-state index in [-0.39, 0.29) is 6.61 Å². The molecule has 4 N–H and O–H groups in total. The molecule has 4 heteroatoms. The minimum absolute atomic E-state index is 0.0972. The van der Waals surface area contributed by atoms with Crippen molar-refractivity contribution < 1.29 is 5.11 Å². The number of imidazole rings is 1. The van der Waals surface area contributed by atoms with Gasteiger partial charge in [-0.1, -0.05) is 0 Å².